The maximum Gasteiger partial charge on any atom is 0.272 e. The van der Waals surface area contributed by atoms with Crippen molar-refractivity contribution in [3.63, 3.8) is 0 Å². The number of pyridine rings is 1. The molecule has 1 atom stereocenters. The summed E-state index contributed by atoms with van der Waals surface area (Å²) in [6.07, 6.45) is 4.46. The molecule has 0 spiro atoms. The van der Waals surface area contributed by atoms with Crippen molar-refractivity contribution in [2.24, 2.45) is 0 Å². The molecule has 3 aliphatic rings. The van der Waals surface area contributed by atoms with Crippen molar-refractivity contribution in [2.75, 3.05) is 75.3 Å². The van der Waals surface area contributed by atoms with Crippen LogP contribution in [0, 0.1) is 0 Å². The molecule has 1 unspecified atom stereocenters. The number of piperazine rings is 2. The summed E-state index contributed by atoms with van der Waals surface area (Å²) in [5.41, 5.74) is 0.501. The van der Waals surface area contributed by atoms with Gasteiger partial charge in [0, 0.05) is 71.7 Å². The van der Waals surface area contributed by atoms with Crippen LogP contribution in [0.3, 0.4) is 0 Å². The minimum atomic E-state index is -0.00896. The van der Waals surface area contributed by atoms with E-state index in [0.29, 0.717) is 24.9 Å². The molecule has 2 aromatic rings. The number of ether oxygens (including phenoxy) is 1. The summed E-state index contributed by atoms with van der Waals surface area (Å²) in [6, 6.07) is 9.56. The quantitative estimate of drug-likeness (QED) is 0.689. The van der Waals surface area contributed by atoms with E-state index in [9.17, 15) is 4.79 Å². The third-order valence-corrected chi connectivity index (χ3v) is 6.59. The Morgan fingerprint density at radius 3 is 2.16 bits per heavy atom. The number of hydrogen-bond donors (Lipinski definition) is 0. The van der Waals surface area contributed by atoms with Crippen LogP contribution >= 0.6 is 0 Å². The predicted octanol–water partition coefficient (Wildman–Crippen LogP) is 1.14. The van der Waals surface area contributed by atoms with Crippen molar-refractivity contribution >= 4 is 17.5 Å². The van der Waals surface area contributed by atoms with Crippen molar-refractivity contribution in [3.05, 3.63) is 42.2 Å². The number of rotatable bonds is 5. The number of amides is 1. The fourth-order valence-electron chi connectivity index (χ4n) is 4.68. The monoisotopic (exact) mass is 437 g/mol. The molecule has 32 heavy (non-hydrogen) atoms. The van der Waals surface area contributed by atoms with Crippen LogP contribution in [-0.4, -0.2) is 103 Å². The first-order chi connectivity index (χ1) is 15.8. The molecule has 0 aliphatic carbocycles. The molecule has 1 amide bonds. The van der Waals surface area contributed by atoms with Gasteiger partial charge in [0.15, 0.2) is 11.6 Å². The Morgan fingerprint density at radius 1 is 0.906 bits per heavy atom. The van der Waals surface area contributed by atoms with E-state index in [1.807, 2.05) is 17.0 Å². The van der Waals surface area contributed by atoms with Gasteiger partial charge in [0.1, 0.15) is 5.69 Å². The first-order valence-corrected chi connectivity index (χ1v) is 11.6. The topological polar surface area (TPSA) is 77.9 Å². The highest BCUT2D eigenvalue weighted by Gasteiger charge is 2.25. The fourth-order valence-corrected chi connectivity index (χ4v) is 4.68. The van der Waals surface area contributed by atoms with E-state index in [4.69, 9.17) is 4.74 Å². The molecule has 0 bridgehead atoms. The Morgan fingerprint density at radius 2 is 1.59 bits per heavy atom. The molecule has 9 heteroatoms. The average Bonchev–Trinajstić information content (AvgIpc) is 3.38. The molecule has 0 radical (unpaired) electrons. The molecule has 0 aromatic carbocycles. The summed E-state index contributed by atoms with van der Waals surface area (Å²) in [7, 11) is 0. The molecule has 3 fully saturated rings. The van der Waals surface area contributed by atoms with Gasteiger partial charge in [-0.3, -0.25) is 14.7 Å². The second kappa shape index (κ2) is 9.79. The van der Waals surface area contributed by atoms with Crippen molar-refractivity contribution in [3.8, 4) is 0 Å². The number of anilines is 2. The second-order valence-corrected chi connectivity index (χ2v) is 8.67. The molecule has 3 aliphatic heterocycles. The number of carbonyl (C=O) groups is 1. The van der Waals surface area contributed by atoms with Gasteiger partial charge in [-0.1, -0.05) is 6.07 Å². The standard InChI is InChI=1S/C23H31N7O2/c31-23(20-5-1-2-8-24-20)30-15-13-29(14-16-30)22-7-6-21(25-26-22)28-11-9-27(10-12-28)18-19-4-3-17-32-19/h1-2,5-8,19H,3-4,9-18H2. The maximum atomic E-state index is 12.6. The zero-order valence-corrected chi connectivity index (χ0v) is 18.5. The van der Waals surface area contributed by atoms with Gasteiger partial charge >= 0.3 is 0 Å². The molecule has 5 heterocycles. The van der Waals surface area contributed by atoms with Crippen molar-refractivity contribution in [2.45, 2.75) is 18.9 Å². The van der Waals surface area contributed by atoms with Gasteiger partial charge in [-0.25, -0.2) is 0 Å². The lowest BCUT2D eigenvalue weighted by Crippen LogP contribution is -2.49. The Balaban J connectivity index is 1.10. The minimum Gasteiger partial charge on any atom is -0.377 e. The van der Waals surface area contributed by atoms with Gasteiger partial charge in [-0.15, -0.1) is 10.2 Å². The molecule has 170 valence electrons. The molecule has 0 N–H and O–H groups in total. The molecule has 0 saturated carbocycles. The summed E-state index contributed by atoms with van der Waals surface area (Å²) in [5.74, 6) is 1.80. The molecular formula is C23H31N7O2. The highest BCUT2D eigenvalue weighted by molar-refractivity contribution is 5.92. The predicted molar refractivity (Wildman–Crippen MR) is 122 cm³/mol. The molecule has 2 aromatic heterocycles. The lowest BCUT2D eigenvalue weighted by Gasteiger charge is -2.37. The third kappa shape index (κ3) is 4.83. The van der Waals surface area contributed by atoms with Crippen LogP contribution in [0.5, 0.6) is 0 Å². The highest BCUT2D eigenvalue weighted by atomic mass is 16.5. The summed E-state index contributed by atoms with van der Waals surface area (Å²) < 4.78 is 5.77. The van der Waals surface area contributed by atoms with Gasteiger partial charge in [-0.2, -0.15) is 0 Å². The molecular weight excluding hydrogens is 406 g/mol. The summed E-state index contributed by atoms with van der Waals surface area (Å²) in [4.78, 5) is 25.6. The third-order valence-electron chi connectivity index (χ3n) is 6.59. The first kappa shape index (κ1) is 21.1. The molecule has 3 saturated heterocycles. The van der Waals surface area contributed by atoms with Gasteiger partial charge in [-0.05, 0) is 37.1 Å². The van der Waals surface area contributed by atoms with E-state index in [1.54, 1.807) is 12.3 Å². The lowest BCUT2D eigenvalue weighted by molar-refractivity contribution is 0.0712. The Hall–Kier alpha value is -2.78. The van der Waals surface area contributed by atoms with E-state index < -0.39 is 0 Å². The zero-order valence-electron chi connectivity index (χ0n) is 18.5. The normalized spacial score (nSPS) is 22.4. The zero-order chi connectivity index (χ0) is 21.8. The average molecular weight is 438 g/mol. The second-order valence-electron chi connectivity index (χ2n) is 8.67. The number of carbonyl (C=O) groups excluding carboxylic acids is 1. The Kier molecular flexibility index (Phi) is 6.45. The number of nitrogens with zero attached hydrogens (tertiary/aromatic N) is 7. The number of hydrogen-bond acceptors (Lipinski definition) is 8. The van der Waals surface area contributed by atoms with Crippen LogP contribution in [-0.2, 0) is 4.74 Å². The highest BCUT2D eigenvalue weighted by Crippen LogP contribution is 2.19. The largest absolute Gasteiger partial charge is 0.377 e. The van der Waals surface area contributed by atoms with Crippen LogP contribution in [0.25, 0.3) is 0 Å². The van der Waals surface area contributed by atoms with Gasteiger partial charge in [0.05, 0.1) is 6.10 Å². The summed E-state index contributed by atoms with van der Waals surface area (Å²) in [6.45, 7) is 8.78. The van der Waals surface area contributed by atoms with Crippen LogP contribution in [0.4, 0.5) is 11.6 Å². The van der Waals surface area contributed by atoms with Gasteiger partial charge < -0.3 is 19.4 Å². The number of aromatic nitrogens is 3. The summed E-state index contributed by atoms with van der Waals surface area (Å²) >= 11 is 0. The molecule has 9 nitrogen and oxygen atoms in total. The maximum absolute atomic E-state index is 12.6. The Labute approximate surface area is 189 Å². The fraction of sp³-hybridized carbons (Fsp3) is 0.565. The van der Waals surface area contributed by atoms with Crippen LogP contribution in [0.1, 0.15) is 23.3 Å². The van der Waals surface area contributed by atoms with E-state index >= 15 is 0 Å². The first-order valence-electron chi connectivity index (χ1n) is 11.6. The van der Waals surface area contributed by atoms with Crippen LogP contribution in [0.15, 0.2) is 36.5 Å². The van der Waals surface area contributed by atoms with Gasteiger partial charge in [0.2, 0.25) is 0 Å². The van der Waals surface area contributed by atoms with Crippen molar-refractivity contribution < 1.29 is 9.53 Å². The van der Waals surface area contributed by atoms with E-state index in [0.717, 1.165) is 64.1 Å². The summed E-state index contributed by atoms with van der Waals surface area (Å²) in [5, 5.41) is 9.00. The van der Waals surface area contributed by atoms with Gasteiger partial charge in [0.25, 0.3) is 5.91 Å². The van der Waals surface area contributed by atoms with E-state index in [2.05, 4.69) is 42.0 Å². The van der Waals surface area contributed by atoms with Crippen molar-refractivity contribution in [1.82, 2.24) is 25.0 Å². The SMILES string of the molecule is O=C(c1ccccn1)N1CCN(c2ccc(N3CCN(CC4CCCO4)CC3)nn2)CC1. The van der Waals surface area contributed by atoms with Crippen molar-refractivity contribution in [1.29, 1.82) is 0 Å². The minimum absolute atomic E-state index is 0.00896. The lowest BCUT2D eigenvalue weighted by atomic mass is 10.2. The van der Waals surface area contributed by atoms with Crippen LogP contribution < -0.4 is 9.80 Å². The Bertz CT molecular complexity index is 873. The smallest absolute Gasteiger partial charge is 0.272 e. The van der Waals surface area contributed by atoms with E-state index in [-0.39, 0.29) is 5.91 Å². The van der Waals surface area contributed by atoms with E-state index in [1.165, 1.54) is 12.8 Å². The molecule has 5 rings (SSSR count). The van der Waals surface area contributed by atoms with Crippen LogP contribution in [0.2, 0.25) is 0 Å².